The van der Waals surface area contributed by atoms with Crippen molar-refractivity contribution in [1.82, 2.24) is 4.98 Å². The van der Waals surface area contributed by atoms with E-state index in [9.17, 15) is 18.4 Å². The van der Waals surface area contributed by atoms with Crippen LogP contribution >= 0.6 is 0 Å². The number of nitrogens with one attached hydrogen (secondary N) is 1. The molecule has 1 aliphatic rings. The van der Waals surface area contributed by atoms with E-state index in [1.807, 2.05) is 4.90 Å². The molecule has 8 nitrogen and oxygen atoms in total. The number of pyridine rings is 1. The SMILES string of the molecule is COc1cc(/C=C/C(=O)Nc2ccc(N3CCCC(C(N)=O)C3)nc2)ccc1OC(F)F. The summed E-state index contributed by atoms with van der Waals surface area (Å²) in [5.41, 5.74) is 6.49. The maximum Gasteiger partial charge on any atom is 0.387 e. The lowest BCUT2D eigenvalue weighted by Crippen LogP contribution is -2.41. The number of hydrogen-bond donors (Lipinski definition) is 2. The number of piperidine rings is 1. The topological polar surface area (TPSA) is 107 Å². The molecular weight excluding hydrogens is 422 g/mol. The van der Waals surface area contributed by atoms with Crippen molar-refractivity contribution < 1.29 is 27.8 Å². The number of amides is 2. The summed E-state index contributed by atoms with van der Waals surface area (Å²) in [5.74, 6) is -0.139. The zero-order chi connectivity index (χ0) is 23.1. The van der Waals surface area contributed by atoms with Crippen molar-refractivity contribution in [2.75, 3.05) is 30.4 Å². The summed E-state index contributed by atoms with van der Waals surface area (Å²) >= 11 is 0. The number of rotatable bonds is 8. The smallest absolute Gasteiger partial charge is 0.387 e. The highest BCUT2D eigenvalue weighted by Crippen LogP contribution is 2.30. The Hall–Kier alpha value is -3.69. The summed E-state index contributed by atoms with van der Waals surface area (Å²) in [6.45, 7) is -1.65. The average molecular weight is 446 g/mol. The molecule has 1 aromatic heterocycles. The molecule has 1 unspecified atom stereocenters. The normalized spacial score (nSPS) is 16.2. The van der Waals surface area contributed by atoms with Gasteiger partial charge in [0.15, 0.2) is 11.5 Å². The third-order valence-electron chi connectivity index (χ3n) is 4.99. The van der Waals surface area contributed by atoms with E-state index in [0.717, 1.165) is 19.4 Å². The lowest BCUT2D eigenvalue weighted by atomic mass is 9.97. The second-order valence-electron chi connectivity index (χ2n) is 7.20. The van der Waals surface area contributed by atoms with E-state index >= 15 is 0 Å². The zero-order valence-electron chi connectivity index (χ0n) is 17.5. The van der Waals surface area contributed by atoms with Crippen LogP contribution in [0.2, 0.25) is 0 Å². The predicted molar refractivity (Wildman–Crippen MR) is 116 cm³/mol. The number of primary amides is 1. The van der Waals surface area contributed by atoms with Gasteiger partial charge < -0.3 is 25.4 Å². The number of hydrogen-bond acceptors (Lipinski definition) is 6. The van der Waals surface area contributed by atoms with Crippen LogP contribution in [0.15, 0.2) is 42.6 Å². The molecule has 1 saturated heterocycles. The Bertz CT molecular complexity index is 982. The average Bonchev–Trinajstić information content (AvgIpc) is 2.78. The number of anilines is 2. The summed E-state index contributed by atoms with van der Waals surface area (Å²) < 4.78 is 34.2. The van der Waals surface area contributed by atoms with Crippen LogP contribution in [0.5, 0.6) is 11.5 Å². The van der Waals surface area contributed by atoms with Crippen molar-refractivity contribution in [1.29, 1.82) is 0 Å². The van der Waals surface area contributed by atoms with E-state index in [4.69, 9.17) is 10.5 Å². The van der Waals surface area contributed by atoms with Gasteiger partial charge in [-0.3, -0.25) is 9.59 Å². The Balaban J connectivity index is 1.59. The van der Waals surface area contributed by atoms with Crippen molar-refractivity contribution in [3.63, 3.8) is 0 Å². The molecule has 2 amide bonds. The minimum Gasteiger partial charge on any atom is -0.493 e. The van der Waals surface area contributed by atoms with Gasteiger partial charge >= 0.3 is 6.61 Å². The molecule has 0 aliphatic carbocycles. The van der Waals surface area contributed by atoms with Gasteiger partial charge in [0.05, 0.1) is 24.9 Å². The first-order chi connectivity index (χ1) is 15.4. The summed E-state index contributed by atoms with van der Waals surface area (Å²) in [5, 5.41) is 2.70. The molecule has 1 aromatic carbocycles. The maximum absolute atomic E-state index is 12.4. The van der Waals surface area contributed by atoms with Crippen molar-refractivity contribution in [3.8, 4) is 11.5 Å². The number of benzene rings is 1. The standard InChI is InChI=1S/C22H24F2N4O4/c1-31-18-11-14(4-7-17(18)32-22(23)24)5-9-20(29)27-16-6-8-19(26-12-16)28-10-2-3-15(13-28)21(25)30/h4-9,11-12,15,22H,2-3,10,13H2,1H3,(H2,25,30)(H,27,29)/b9-5+. The van der Waals surface area contributed by atoms with Crippen molar-refractivity contribution in [2.24, 2.45) is 11.7 Å². The second kappa shape index (κ2) is 10.6. The highest BCUT2D eigenvalue weighted by atomic mass is 19.3. The number of carbonyl (C=O) groups is 2. The lowest BCUT2D eigenvalue weighted by molar-refractivity contribution is -0.122. The Kier molecular flexibility index (Phi) is 7.58. The van der Waals surface area contributed by atoms with Crippen molar-refractivity contribution >= 4 is 29.4 Å². The van der Waals surface area contributed by atoms with E-state index in [0.29, 0.717) is 23.6 Å². The molecule has 1 fully saturated rings. The van der Waals surface area contributed by atoms with Crippen LogP contribution in [-0.2, 0) is 9.59 Å². The fraction of sp³-hybridized carbons (Fsp3) is 0.318. The molecule has 1 aliphatic heterocycles. The molecule has 2 aromatic rings. The van der Waals surface area contributed by atoms with Crippen LogP contribution in [0.1, 0.15) is 18.4 Å². The molecule has 0 radical (unpaired) electrons. The first-order valence-electron chi connectivity index (χ1n) is 9.98. The van der Waals surface area contributed by atoms with Gasteiger partial charge in [0.1, 0.15) is 5.82 Å². The van der Waals surface area contributed by atoms with Gasteiger partial charge in [-0.15, -0.1) is 0 Å². The molecule has 0 spiro atoms. The quantitative estimate of drug-likeness (QED) is 0.604. The molecule has 32 heavy (non-hydrogen) atoms. The lowest BCUT2D eigenvalue weighted by Gasteiger charge is -2.32. The van der Waals surface area contributed by atoms with Gasteiger partial charge in [0.25, 0.3) is 0 Å². The van der Waals surface area contributed by atoms with Gasteiger partial charge in [-0.05, 0) is 48.7 Å². The summed E-state index contributed by atoms with van der Waals surface area (Å²) in [6.07, 6.45) is 6.00. The van der Waals surface area contributed by atoms with E-state index in [1.54, 1.807) is 12.1 Å². The molecule has 170 valence electrons. The second-order valence-corrected chi connectivity index (χ2v) is 7.20. The number of alkyl halides is 2. The fourth-order valence-corrected chi connectivity index (χ4v) is 3.40. The molecule has 0 saturated carbocycles. The molecule has 2 heterocycles. The fourth-order valence-electron chi connectivity index (χ4n) is 3.40. The Morgan fingerprint density at radius 3 is 2.75 bits per heavy atom. The molecular formula is C22H24F2N4O4. The van der Waals surface area contributed by atoms with Gasteiger partial charge in [-0.2, -0.15) is 8.78 Å². The maximum atomic E-state index is 12.4. The molecule has 0 bridgehead atoms. The first kappa shape index (κ1) is 23.0. The molecule has 3 N–H and O–H groups in total. The number of aromatic nitrogens is 1. The van der Waals surface area contributed by atoms with Crippen LogP contribution in [0, 0.1) is 5.92 Å². The van der Waals surface area contributed by atoms with Crippen LogP contribution in [0.3, 0.4) is 0 Å². The van der Waals surface area contributed by atoms with Crippen molar-refractivity contribution in [2.45, 2.75) is 19.5 Å². The third-order valence-corrected chi connectivity index (χ3v) is 4.99. The van der Waals surface area contributed by atoms with Crippen LogP contribution in [0.25, 0.3) is 6.08 Å². The van der Waals surface area contributed by atoms with Gasteiger partial charge in [-0.1, -0.05) is 6.07 Å². The van der Waals surface area contributed by atoms with E-state index in [1.165, 1.54) is 43.7 Å². The highest BCUT2D eigenvalue weighted by Gasteiger charge is 2.24. The predicted octanol–water partition coefficient (Wildman–Crippen LogP) is 3.05. The van der Waals surface area contributed by atoms with Crippen LogP contribution in [0.4, 0.5) is 20.3 Å². The zero-order valence-corrected chi connectivity index (χ0v) is 17.5. The number of ether oxygens (including phenoxy) is 2. The van der Waals surface area contributed by atoms with E-state index < -0.39 is 12.5 Å². The van der Waals surface area contributed by atoms with Gasteiger partial charge in [-0.25, -0.2) is 4.98 Å². The van der Waals surface area contributed by atoms with Crippen LogP contribution < -0.4 is 25.4 Å². The first-order valence-corrected chi connectivity index (χ1v) is 9.98. The Morgan fingerprint density at radius 2 is 2.09 bits per heavy atom. The van der Waals surface area contributed by atoms with Gasteiger partial charge in [0, 0.05) is 19.2 Å². The number of methoxy groups -OCH3 is 1. The Labute approximate surface area is 184 Å². The van der Waals surface area contributed by atoms with Gasteiger partial charge in [0.2, 0.25) is 11.8 Å². The molecule has 10 heteroatoms. The minimum absolute atomic E-state index is 0.0916. The minimum atomic E-state index is -2.96. The number of nitrogens with zero attached hydrogens (tertiary/aromatic N) is 2. The number of carbonyl (C=O) groups excluding carboxylic acids is 2. The largest absolute Gasteiger partial charge is 0.493 e. The van der Waals surface area contributed by atoms with Crippen molar-refractivity contribution in [3.05, 3.63) is 48.2 Å². The third kappa shape index (κ3) is 6.16. The Morgan fingerprint density at radius 1 is 1.28 bits per heavy atom. The van der Waals surface area contributed by atoms with E-state index in [-0.39, 0.29) is 23.3 Å². The number of halogens is 2. The summed E-state index contributed by atoms with van der Waals surface area (Å²) in [4.78, 5) is 30.0. The summed E-state index contributed by atoms with van der Waals surface area (Å²) in [6, 6.07) is 7.85. The highest BCUT2D eigenvalue weighted by molar-refractivity contribution is 6.01. The molecule has 3 rings (SSSR count). The monoisotopic (exact) mass is 446 g/mol. The summed E-state index contributed by atoms with van der Waals surface area (Å²) in [7, 11) is 1.34. The molecule has 1 atom stereocenters. The van der Waals surface area contributed by atoms with E-state index in [2.05, 4.69) is 15.0 Å². The number of nitrogens with two attached hydrogens (primary N) is 1. The van der Waals surface area contributed by atoms with Crippen LogP contribution in [-0.4, -0.2) is 43.6 Å².